The summed E-state index contributed by atoms with van der Waals surface area (Å²) in [6.07, 6.45) is 13.8. The van der Waals surface area contributed by atoms with Crippen molar-refractivity contribution in [1.29, 1.82) is 0 Å². The highest BCUT2D eigenvalue weighted by molar-refractivity contribution is 5.76. The van der Waals surface area contributed by atoms with E-state index in [2.05, 4.69) is 31.3 Å². The van der Waals surface area contributed by atoms with E-state index in [-0.39, 0.29) is 18.9 Å². The third-order valence-electron chi connectivity index (χ3n) is 10.9. The fraction of sp³-hybridized carbons (Fsp3) is 0.884. The van der Waals surface area contributed by atoms with Gasteiger partial charge in [-0.3, -0.25) is 4.79 Å². The van der Waals surface area contributed by atoms with Crippen LogP contribution in [-0.4, -0.2) is 140 Å². The fourth-order valence-electron chi connectivity index (χ4n) is 7.16. The van der Waals surface area contributed by atoms with E-state index >= 15 is 0 Å². The summed E-state index contributed by atoms with van der Waals surface area (Å²) < 4.78 is 22.6. The van der Waals surface area contributed by atoms with Crippen molar-refractivity contribution < 1.29 is 64.6 Å². The molecule has 2 fully saturated rings. The quantitative estimate of drug-likeness (QED) is 0.0348. The Morgan fingerprint density at radius 1 is 0.614 bits per heavy atom. The third kappa shape index (κ3) is 20.1. The van der Waals surface area contributed by atoms with Crippen LogP contribution in [0.4, 0.5) is 0 Å². The van der Waals surface area contributed by atoms with Gasteiger partial charge >= 0.3 is 0 Å². The van der Waals surface area contributed by atoms with Gasteiger partial charge < -0.3 is 65.1 Å². The van der Waals surface area contributed by atoms with Gasteiger partial charge in [0.05, 0.1) is 32.0 Å². The van der Waals surface area contributed by atoms with Gasteiger partial charge in [0.25, 0.3) is 0 Å². The van der Waals surface area contributed by atoms with Gasteiger partial charge in [-0.1, -0.05) is 122 Å². The molecule has 0 aromatic rings. The normalized spacial score (nSPS) is 29.3. The molecule has 14 heteroatoms. The molecule has 2 saturated heterocycles. The minimum absolute atomic E-state index is 0.253. The summed E-state index contributed by atoms with van der Waals surface area (Å²) in [5, 5.41) is 86.2. The number of hydrogen-bond donors (Lipinski definition) is 9. The Morgan fingerprint density at radius 3 is 1.67 bits per heavy atom. The predicted octanol–water partition coefficient (Wildman–Crippen LogP) is 3.82. The fourth-order valence-corrected chi connectivity index (χ4v) is 7.16. The number of carbonyl (C=O) groups excluding carboxylic acids is 1. The molecular weight excluding hydrogens is 738 g/mol. The van der Waals surface area contributed by atoms with Gasteiger partial charge in [-0.05, 0) is 44.9 Å². The molecular formula is C43H79NO13. The highest BCUT2D eigenvalue weighted by Gasteiger charge is 2.50. The molecule has 14 nitrogen and oxygen atoms in total. The summed E-state index contributed by atoms with van der Waals surface area (Å²) in [6, 6.07) is -0.912. The highest BCUT2D eigenvalue weighted by atomic mass is 16.7. The van der Waals surface area contributed by atoms with Crippen LogP contribution in [-0.2, 0) is 23.7 Å². The minimum Gasteiger partial charge on any atom is -0.394 e. The molecule has 57 heavy (non-hydrogen) atoms. The minimum atomic E-state index is -1.79. The molecule has 334 valence electrons. The van der Waals surface area contributed by atoms with Gasteiger partial charge in [-0.2, -0.15) is 0 Å². The van der Waals surface area contributed by atoms with Crippen LogP contribution >= 0.6 is 0 Å². The summed E-state index contributed by atoms with van der Waals surface area (Å²) in [7, 11) is 0. The first-order valence-electron chi connectivity index (χ1n) is 22.1. The van der Waals surface area contributed by atoms with Crippen LogP contribution in [0, 0.1) is 0 Å². The number of allylic oxidation sites excluding steroid dienone is 3. The predicted molar refractivity (Wildman–Crippen MR) is 217 cm³/mol. The van der Waals surface area contributed by atoms with Crippen molar-refractivity contribution in [3.05, 3.63) is 24.3 Å². The van der Waals surface area contributed by atoms with Crippen LogP contribution in [0.15, 0.2) is 24.3 Å². The lowest BCUT2D eigenvalue weighted by atomic mass is 9.97. The molecule has 2 heterocycles. The molecule has 0 radical (unpaired) electrons. The van der Waals surface area contributed by atoms with Crippen molar-refractivity contribution in [2.45, 2.75) is 222 Å². The summed E-state index contributed by atoms with van der Waals surface area (Å²) in [4.78, 5) is 13.0. The number of rotatable bonds is 32. The lowest BCUT2D eigenvalue weighted by Gasteiger charge is -2.46. The number of nitrogens with one attached hydrogen (secondary N) is 1. The zero-order chi connectivity index (χ0) is 41.8. The van der Waals surface area contributed by atoms with Gasteiger partial charge in [-0.25, -0.2) is 0 Å². The first-order chi connectivity index (χ1) is 27.6. The average Bonchev–Trinajstić information content (AvgIpc) is 3.21. The Kier molecular flexibility index (Phi) is 28.4. The van der Waals surface area contributed by atoms with Gasteiger partial charge in [0.15, 0.2) is 12.6 Å². The largest absolute Gasteiger partial charge is 0.394 e. The number of unbranched alkanes of at least 4 members (excludes halogenated alkanes) is 17. The summed E-state index contributed by atoms with van der Waals surface area (Å²) in [5.41, 5.74) is 0. The molecule has 0 saturated carbocycles. The van der Waals surface area contributed by atoms with Crippen molar-refractivity contribution in [3.63, 3.8) is 0 Å². The van der Waals surface area contributed by atoms with E-state index in [4.69, 9.17) is 18.9 Å². The monoisotopic (exact) mass is 818 g/mol. The lowest BCUT2D eigenvalue weighted by Crippen LogP contribution is -2.65. The lowest BCUT2D eigenvalue weighted by molar-refractivity contribution is -0.359. The van der Waals surface area contributed by atoms with Crippen LogP contribution in [0.25, 0.3) is 0 Å². The topological polar surface area (TPSA) is 228 Å². The molecule has 0 aromatic carbocycles. The standard InChI is InChI=1S/C43H79NO13/c1-3-5-7-9-11-13-14-15-16-17-19-21-23-25-27-35(48)44-31(32(47)26-24-22-20-18-12-10-8-6-4-2)30-54-42-40(53)38(51)41(34(29-46)56-42)57-43-39(52)37(50)36(49)33(28-45)55-43/h14-15,24,26,31-34,36-43,45-47,49-53H,3-13,16-23,25,27-30H2,1-2H3,(H,44,48)/b15-14-,26-24+. The molecule has 0 aliphatic carbocycles. The molecule has 1 amide bonds. The molecule has 0 aromatic heterocycles. The molecule has 12 unspecified atom stereocenters. The first-order valence-corrected chi connectivity index (χ1v) is 22.1. The Bertz CT molecular complexity index is 1060. The van der Waals surface area contributed by atoms with Crippen LogP contribution in [0.1, 0.15) is 149 Å². The van der Waals surface area contributed by atoms with Crippen molar-refractivity contribution in [3.8, 4) is 0 Å². The molecule has 12 atom stereocenters. The SMILES string of the molecule is CCCCCCC/C=C\CCCCCCCC(=O)NC(COC1OC(CO)C(OC2OC(CO)C(O)C(O)C2O)C(O)C1O)C(O)/C=C/CCCCCCCCC. The van der Waals surface area contributed by atoms with Gasteiger partial charge in [0.2, 0.25) is 5.91 Å². The van der Waals surface area contributed by atoms with E-state index in [0.717, 1.165) is 64.2 Å². The molecule has 9 N–H and O–H groups in total. The first kappa shape index (κ1) is 51.6. The van der Waals surface area contributed by atoms with Crippen molar-refractivity contribution in [2.75, 3.05) is 19.8 Å². The second kappa shape index (κ2) is 31.4. The molecule has 2 aliphatic rings. The summed E-state index contributed by atoms with van der Waals surface area (Å²) in [5.74, 6) is -0.253. The average molecular weight is 818 g/mol. The van der Waals surface area contributed by atoms with Crippen molar-refractivity contribution in [1.82, 2.24) is 5.32 Å². The Balaban J connectivity index is 1.91. The third-order valence-corrected chi connectivity index (χ3v) is 10.9. The maximum Gasteiger partial charge on any atom is 0.220 e. The zero-order valence-corrected chi connectivity index (χ0v) is 34.8. The number of ether oxygens (including phenoxy) is 4. The number of carbonyl (C=O) groups is 1. The molecule has 2 aliphatic heterocycles. The van der Waals surface area contributed by atoms with Crippen LogP contribution in [0.2, 0.25) is 0 Å². The second-order valence-electron chi connectivity index (χ2n) is 15.8. The van der Waals surface area contributed by atoms with Crippen LogP contribution < -0.4 is 5.32 Å². The highest BCUT2D eigenvalue weighted by Crippen LogP contribution is 2.30. The van der Waals surface area contributed by atoms with E-state index in [1.165, 1.54) is 57.8 Å². The van der Waals surface area contributed by atoms with Crippen molar-refractivity contribution in [2.24, 2.45) is 0 Å². The summed E-state index contributed by atoms with van der Waals surface area (Å²) in [6.45, 7) is 2.70. The zero-order valence-electron chi connectivity index (χ0n) is 34.8. The Hall–Kier alpha value is -1.53. The number of aliphatic hydroxyl groups excluding tert-OH is 8. The summed E-state index contributed by atoms with van der Waals surface area (Å²) >= 11 is 0. The van der Waals surface area contributed by atoms with E-state index in [1.54, 1.807) is 6.08 Å². The van der Waals surface area contributed by atoms with E-state index in [9.17, 15) is 45.6 Å². The van der Waals surface area contributed by atoms with Gasteiger partial charge in [-0.15, -0.1) is 0 Å². The van der Waals surface area contributed by atoms with E-state index in [1.807, 2.05) is 6.08 Å². The Morgan fingerprint density at radius 2 is 1.11 bits per heavy atom. The van der Waals surface area contributed by atoms with Crippen LogP contribution in [0.3, 0.4) is 0 Å². The maximum atomic E-state index is 13.0. The second-order valence-corrected chi connectivity index (χ2v) is 15.8. The number of aliphatic hydroxyl groups is 8. The van der Waals surface area contributed by atoms with Crippen LogP contribution in [0.5, 0.6) is 0 Å². The van der Waals surface area contributed by atoms with Gasteiger partial charge in [0.1, 0.15) is 48.8 Å². The van der Waals surface area contributed by atoms with E-state index in [0.29, 0.717) is 6.42 Å². The molecule has 2 rings (SSSR count). The smallest absolute Gasteiger partial charge is 0.220 e. The van der Waals surface area contributed by atoms with Crippen molar-refractivity contribution >= 4 is 5.91 Å². The van der Waals surface area contributed by atoms with Gasteiger partial charge in [0, 0.05) is 6.42 Å². The molecule has 0 bridgehead atoms. The number of hydrogen-bond acceptors (Lipinski definition) is 13. The maximum absolute atomic E-state index is 13.0. The number of amides is 1. The molecule has 0 spiro atoms. The Labute approximate surface area is 341 Å². The van der Waals surface area contributed by atoms with E-state index < -0.39 is 86.8 Å².